The first kappa shape index (κ1) is 16.9. The van der Waals surface area contributed by atoms with E-state index >= 15 is 0 Å². The maximum atomic E-state index is 11.3. The molecule has 0 aliphatic carbocycles. The van der Waals surface area contributed by atoms with E-state index in [1.807, 2.05) is 0 Å². The molecule has 0 radical (unpaired) electrons. The van der Waals surface area contributed by atoms with Gasteiger partial charge in [-0.15, -0.1) is 0 Å². The van der Waals surface area contributed by atoms with Crippen LogP contribution in [-0.2, 0) is 14.3 Å². The zero-order valence-corrected chi connectivity index (χ0v) is 10.3. The minimum atomic E-state index is -1.25. The Morgan fingerprint density at radius 1 is 1.13 bits per heavy atom. The average Bonchev–Trinajstić information content (AvgIpc) is 1.79. The molecular weight excluding hydrogens is 191 g/mol. The van der Waals surface area contributed by atoms with E-state index < -0.39 is 23.0 Å². The third-order valence-corrected chi connectivity index (χ3v) is 1.56. The Morgan fingerprint density at radius 3 is 1.80 bits per heavy atom. The summed E-state index contributed by atoms with van der Waals surface area (Å²) in [5.74, 6) is -1.77. The number of ether oxygens (including phenoxy) is 1. The van der Waals surface area contributed by atoms with Crippen LogP contribution in [0.3, 0.4) is 0 Å². The van der Waals surface area contributed by atoms with E-state index in [0.29, 0.717) is 0 Å². The van der Waals surface area contributed by atoms with Gasteiger partial charge in [0.05, 0.1) is 6.42 Å². The molecule has 0 saturated heterocycles. The molecule has 5 heteroatoms. The number of carbonyl (C=O) groups is 2. The summed E-state index contributed by atoms with van der Waals surface area (Å²) in [6, 6.07) is 0. The minimum Gasteiger partial charge on any atom is -0.550 e. The van der Waals surface area contributed by atoms with Crippen LogP contribution in [0.2, 0.25) is 0 Å². The Kier molecular flexibility index (Phi) is 6.30. The average molecular weight is 208 g/mol. The van der Waals surface area contributed by atoms with Crippen LogP contribution in [0.25, 0.3) is 0 Å². The summed E-state index contributed by atoms with van der Waals surface area (Å²) in [7, 11) is 0. The second-order valence-electron chi connectivity index (χ2n) is 4.93. The third kappa shape index (κ3) is 7.46. The summed E-state index contributed by atoms with van der Waals surface area (Å²) in [4.78, 5) is 21.9. The van der Waals surface area contributed by atoms with E-state index in [1.54, 1.807) is 20.8 Å². The van der Waals surface area contributed by atoms with Crippen LogP contribution >= 0.6 is 0 Å². The normalized spacial score (nSPS) is 11.5. The molecule has 0 aliphatic heterocycles. The SMILES string of the molecule is CC(C)(C)OC(=O)CC(C)(C)C(=O)[O-].[Li+]. The van der Waals surface area contributed by atoms with E-state index in [2.05, 4.69) is 0 Å². The molecule has 0 amide bonds. The van der Waals surface area contributed by atoms with Gasteiger partial charge >= 0.3 is 24.8 Å². The van der Waals surface area contributed by atoms with Gasteiger partial charge in [0, 0.05) is 11.4 Å². The minimum absolute atomic E-state index is 0. The van der Waals surface area contributed by atoms with E-state index in [9.17, 15) is 14.7 Å². The van der Waals surface area contributed by atoms with Crippen molar-refractivity contribution in [3.63, 3.8) is 0 Å². The zero-order chi connectivity index (χ0) is 11.6. The van der Waals surface area contributed by atoms with Crippen molar-refractivity contribution in [3.8, 4) is 0 Å². The molecular formula is C10H17LiO4. The van der Waals surface area contributed by atoms with Gasteiger partial charge in [0.25, 0.3) is 0 Å². The van der Waals surface area contributed by atoms with Crippen molar-refractivity contribution >= 4 is 11.9 Å². The molecule has 0 aromatic carbocycles. The Labute approximate surface area is 103 Å². The largest absolute Gasteiger partial charge is 1.00 e. The quantitative estimate of drug-likeness (QED) is 0.380. The van der Waals surface area contributed by atoms with Crippen molar-refractivity contribution in [2.45, 2.75) is 46.6 Å². The number of carboxylic acids is 1. The molecule has 0 aromatic rings. The molecule has 0 rings (SSSR count). The maximum Gasteiger partial charge on any atom is 1.00 e. The van der Waals surface area contributed by atoms with Crippen molar-refractivity contribution in [2.75, 3.05) is 0 Å². The number of esters is 1. The standard InChI is InChI=1S/C10H18O4.Li/c1-9(2,3)14-7(11)6-10(4,5)8(12)13;/h6H2,1-5H3,(H,12,13);/q;+1/p-1. The zero-order valence-electron chi connectivity index (χ0n) is 10.3. The number of carbonyl (C=O) groups excluding carboxylic acids is 2. The molecule has 0 saturated carbocycles. The number of hydrogen-bond donors (Lipinski definition) is 0. The first-order chi connectivity index (χ1) is 6.04. The van der Waals surface area contributed by atoms with Crippen LogP contribution in [0.4, 0.5) is 0 Å². The second-order valence-corrected chi connectivity index (χ2v) is 4.93. The predicted octanol–water partition coefficient (Wildman–Crippen LogP) is -2.50. The van der Waals surface area contributed by atoms with Crippen molar-refractivity contribution in [2.24, 2.45) is 5.41 Å². The van der Waals surface area contributed by atoms with Gasteiger partial charge in [-0.1, -0.05) is 13.8 Å². The van der Waals surface area contributed by atoms with Gasteiger partial charge < -0.3 is 14.6 Å². The molecule has 4 nitrogen and oxygen atoms in total. The van der Waals surface area contributed by atoms with Gasteiger partial charge in [-0.25, -0.2) is 0 Å². The molecule has 0 bridgehead atoms. The van der Waals surface area contributed by atoms with Gasteiger partial charge in [-0.3, -0.25) is 4.79 Å². The summed E-state index contributed by atoms with van der Waals surface area (Å²) in [5, 5.41) is 10.6. The van der Waals surface area contributed by atoms with Gasteiger partial charge in [0.15, 0.2) is 0 Å². The Hall–Kier alpha value is -0.463. The molecule has 0 N–H and O–H groups in total. The second kappa shape index (κ2) is 5.57. The smallest absolute Gasteiger partial charge is 0.550 e. The molecule has 0 spiro atoms. The number of carboxylic acid groups (broad SMARTS) is 1. The van der Waals surface area contributed by atoms with E-state index in [1.165, 1.54) is 13.8 Å². The maximum absolute atomic E-state index is 11.3. The van der Waals surface area contributed by atoms with Crippen molar-refractivity contribution in [3.05, 3.63) is 0 Å². The van der Waals surface area contributed by atoms with Crippen LogP contribution in [0.15, 0.2) is 0 Å². The predicted molar refractivity (Wildman–Crippen MR) is 49.3 cm³/mol. The summed E-state index contributed by atoms with van der Waals surface area (Å²) in [6.45, 7) is 8.07. The van der Waals surface area contributed by atoms with Gasteiger partial charge in [0.2, 0.25) is 0 Å². The summed E-state index contributed by atoms with van der Waals surface area (Å²) >= 11 is 0. The summed E-state index contributed by atoms with van der Waals surface area (Å²) < 4.78 is 4.99. The molecule has 0 aliphatic rings. The summed E-state index contributed by atoms with van der Waals surface area (Å²) in [6.07, 6.45) is -0.174. The monoisotopic (exact) mass is 208 g/mol. The molecule has 0 atom stereocenters. The molecule has 0 aromatic heterocycles. The fourth-order valence-corrected chi connectivity index (χ4v) is 0.811. The molecule has 0 fully saturated rings. The molecule has 82 valence electrons. The van der Waals surface area contributed by atoms with E-state index in [4.69, 9.17) is 4.74 Å². The third-order valence-electron chi connectivity index (χ3n) is 1.56. The molecule has 0 heterocycles. The molecule has 0 unspecified atom stereocenters. The Bertz CT molecular complexity index is 240. The van der Waals surface area contributed by atoms with Crippen LogP contribution in [0.1, 0.15) is 41.0 Å². The van der Waals surface area contributed by atoms with E-state index in [-0.39, 0.29) is 25.3 Å². The van der Waals surface area contributed by atoms with Gasteiger partial charge in [-0.2, -0.15) is 0 Å². The first-order valence-corrected chi connectivity index (χ1v) is 4.48. The number of hydrogen-bond acceptors (Lipinski definition) is 4. The number of rotatable bonds is 3. The van der Waals surface area contributed by atoms with Crippen LogP contribution in [-0.4, -0.2) is 17.5 Å². The number of aliphatic carboxylic acids is 1. The van der Waals surface area contributed by atoms with Gasteiger partial charge in [0.1, 0.15) is 5.60 Å². The van der Waals surface area contributed by atoms with Crippen LogP contribution in [0.5, 0.6) is 0 Å². The Balaban J connectivity index is 0. The summed E-state index contributed by atoms with van der Waals surface area (Å²) in [5.41, 5.74) is -1.76. The van der Waals surface area contributed by atoms with Gasteiger partial charge in [-0.05, 0) is 20.8 Å². The van der Waals surface area contributed by atoms with Crippen molar-refractivity contribution in [1.82, 2.24) is 0 Å². The molecule has 15 heavy (non-hydrogen) atoms. The van der Waals surface area contributed by atoms with Crippen LogP contribution in [0, 0.1) is 5.41 Å². The first-order valence-electron chi connectivity index (χ1n) is 4.48. The van der Waals surface area contributed by atoms with Crippen molar-refractivity contribution < 1.29 is 38.3 Å². The fourth-order valence-electron chi connectivity index (χ4n) is 0.811. The fraction of sp³-hybridized carbons (Fsp3) is 0.800. The Morgan fingerprint density at radius 2 is 1.53 bits per heavy atom. The van der Waals surface area contributed by atoms with E-state index in [0.717, 1.165) is 0 Å². The topological polar surface area (TPSA) is 66.4 Å². The van der Waals surface area contributed by atoms with Crippen LogP contribution < -0.4 is 24.0 Å². The van der Waals surface area contributed by atoms with Crippen molar-refractivity contribution in [1.29, 1.82) is 0 Å².